The van der Waals surface area contributed by atoms with Crippen LogP contribution in [0.25, 0.3) is 0 Å². The van der Waals surface area contributed by atoms with E-state index in [2.05, 4.69) is 5.32 Å². The molecule has 5 nitrogen and oxygen atoms in total. The van der Waals surface area contributed by atoms with Crippen molar-refractivity contribution < 1.29 is 4.79 Å². The van der Waals surface area contributed by atoms with Gasteiger partial charge in [0.25, 0.3) is 0 Å². The highest BCUT2D eigenvalue weighted by Gasteiger charge is 1.76. The lowest BCUT2D eigenvalue weighted by atomic mass is 10.6. The molecule has 6 N–H and O–H groups in total. The van der Waals surface area contributed by atoms with Gasteiger partial charge in [-0.1, -0.05) is 0 Å². The molecule has 60 valence electrons. The number of carbonyl (C=O) groups excluding carboxylic acids is 1. The molecule has 0 aliphatic heterocycles. The van der Waals surface area contributed by atoms with Crippen LogP contribution in [0.2, 0.25) is 0 Å². The number of hydrogen-bond donors (Lipinski definition) is 4. The van der Waals surface area contributed by atoms with E-state index in [1.54, 1.807) is 0 Å². The van der Waals surface area contributed by atoms with Crippen molar-refractivity contribution in [1.29, 1.82) is 5.41 Å². The maximum atomic E-state index is 8.35. The maximum absolute atomic E-state index is 8.35. The second-order valence-corrected chi connectivity index (χ2v) is 1.43. The monoisotopic (exact) mass is 146 g/mol. The second-order valence-electron chi connectivity index (χ2n) is 1.43. The fourth-order valence-electron chi connectivity index (χ4n) is 0.329. The molecule has 0 heterocycles. The van der Waals surface area contributed by atoms with Crippen molar-refractivity contribution in [2.75, 3.05) is 26.2 Å². The predicted octanol–water partition coefficient (Wildman–Crippen LogP) is -1.61. The highest BCUT2D eigenvalue weighted by atomic mass is 16.1. The van der Waals surface area contributed by atoms with Gasteiger partial charge >= 0.3 is 0 Å². The van der Waals surface area contributed by atoms with E-state index in [9.17, 15) is 0 Å². The third kappa shape index (κ3) is 26.8. The van der Waals surface area contributed by atoms with Gasteiger partial charge in [0.05, 0.1) is 0 Å². The summed E-state index contributed by atoms with van der Waals surface area (Å²) in [7, 11) is 0. The normalized spacial score (nSPS) is 7.40. The molecule has 0 aromatic carbocycles. The fourth-order valence-corrected chi connectivity index (χ4v) is 0.329. The molecule has 0 unspecified atom stereocenters. The quantitative estimate of drug-likeness (QED) is 0.217. The smallest absolute Gasteiger partial charge is 0.231 e. The third-order valence-electron chi connectivity index (χ3n) is 0.642. The van der Waals surface area contributed by atoms with Gasteiger partial charge in [-0.2, -0.15) is 0 Å². The van der Waals surface area contributed by atoms with Gasteiger partial charge in [0.15, 0.2) is 0 Å². The van der Waals surface area contributed by atoms with Crippen LogP contribution in [-0.4, -0.2) is 32.3 Å². The third-order valence-corrected chi connectivity index (χ3v) is 0.642. The van der Waals surface area contributed by atoms with Crippen LogP contribution in [0.15, 0.2) is 0 Å². The number of isocyanates is 1. The number of rotatable bonds is 4. The molecular weight excluding hydrogens is 132 g/mol. The van der Waals surface area contributed by atoms with Crippen LogP contribution in [0.1, 0.15) is 0 Å². The van der Waals surface area contributed by atoms with E-state index in [0.29, 0.717) is 13.1 Å². The lowest BCUT2D eigenvalue weighted by Crippen LogP contribution is -2.27. The number of nitrogens with one attached hydrogen (secondary N) is 2. The first-order valence-corrected chi connectivity index (χ1v) is 2.98. The van der Waals surface area contributed by atoms with Crippen molar-refractivity contribution in [3.63, 3.8) is 0 Å². The Labute approximate surface area is 60.3 Å². The molecule has 0 aromatic rings. The highest BCUT2D eigenvalue weighted by molar-refractivity contribution is 5.26. The number of nitrogens with two attached hydrogens (primary N) is 2. The average molecular weight is 146 g/mol. The minimum Gasteiger partial charge on any atom is -0.329 e. The van der Waals surface area contributed by atoms with Crippen molar-refractivity contribution in [3.8, 4) is 0 Å². The Morgan fingerprint density at radius 1 is 1.30 bits per heavy atom. The Morgan fingerprint density at radius 3 is 1.80 bits per heavy atom. The first-order valence-electron chi connectivity index (χ1n) is 2.98. The molecular formula is C5H14N4O. The van der Waals surface area contributed by atoms with E-state index in [-0.39, 0.29) is 0 Å². The second kappa shape index (κ2) is 15.7. The Bertz CT molecular complexity index is 75.7. The van der Waals surface area contributed by atoms with Crippen LogP contribution in [-0.2, 0) is 4.79 Å². The van der Waals surface area contributed by atoms with Gasteiger partial charge in [0.2, 0.25) is 6.08 Å². The minimum absolute atomic E-state index is 0.694. The lowest BCUT2D eigenvalue weighted by Gasteiger charge is -1.95. The van der Waals surface area contributed by atoms with Gasteiger partial charge in [-0.15, -0.1) is 0 Å². The largest absolute Gasteiger partial charge is 0.329 e. The Morgan fingerprint density at radius 2 is 1.60 bits per heavy atom. The van der Waals surface area contributed by atoms with Crippen LogP contribution in [0.3, 0.4) is 0 Å². The molecule has 0 spiro atoms. The Hall–Kier alpha value is -0.740. The van der Waals surface area contributed by atoms with E-state index in [0.717, 1.165) is 19.2 Å². The summed E-state index contributed by atoms with van der Waals surface area (Å²) in [4.78, 5) is 8.35. The van der Waals surface area contributed by atoms with Gasteiger partial charge in [-0.3, -0.25) is 0 Å². The summed E-state index contributed by atoms with van der Waals surface area (Å²) >= 11 is 0. The van der Waals surface area contributed by atoms with Crippen LogP contribution < -0.4 is 16.8 Å². The molecule has 0 aliphatic carbocycles. The first kappa shape index (κ1) is 12.0. The van der Waals surface area contributed by atoms with Crippen LogP contribution in [0.4, 0.5) is 0 Å². The van der Waals surface area contributed by atoms with Gasteiger partial charge in [0, 0.05) is 26.2 Å². The SMILES string of the molecule is N=C=O.NCCNCCN. The van der Waals surface area contributed by atoms with Gasteiger partial charge < -0.3 is 16.8 Å². The molecule has 0 saturated heterocycles. The van der Waals surface area contributed by atoms with Crippen LogP contribution in [0, 0.1) is 5.41 Å². The maximum Gasteiger partial charge on any atom is 0.231 e. The summed E-state index contributed by atoms with van der Waals surface area (Å²) in [6.07, 6.45) is 0.750. The summed E-state index contributed by atoms with van der Waals surface area (Å²) in [5.41, 5.74) is 10.3. The van der Waals surface area contributed by atoms with Crippen molar-refractivity contribution in [3.05, 3.63) is 0 Å². The molecule has 0 saturated carbocycles. The summed E-state index contributed by atoms with van der Waals surface area (Å²) in [6, 6.07) is 0. The average Bonchev–Trinajstić information content (AvgIpc) is 1.91. The number of hydrogen-bond acceptors (Lipinski definition) is 5. The summed E-state index contributed by atoms with van der Waals surface area (Å²) in [5.74, 6) is 0. The van der Waals surface area contributed by atoms with Crippen LogP contribution in [0.5, 0.6) is 0 Å². The summed E-state index contributed by atoms with van der Waals surface area (Å²) in [6.45, 7) is 3.13. The Balaban J connectivity index is 0. The standard InChI is InChI=1S/C4H13N3.CHNO/c5-1-3-7-4-2-6;2-1-3/h7H,1-6H2;2H. The molecule has 0 aliphatic rings. The molecule has 0 radical (unpaired) electrons. The molecule has 0 atom stereocenters. The van der Waals surface area contributed by atoms with E-state index in [1.807, 2.05) is 0 Å². The van der Waals surface area contributed by atoms with E-state index < -0.39 is 0 Å². The first-order chi connectivity index (χ1) is 4.83. The molecule has 5 heteroatoms. The Kier molecular flexibility index (Phi) is 18.9. The van der Waals surface area contributed by atoms with Crippen molar-refractivity contribution in [2.24, 2.45) is 11.5 Å². The molecule has 0 amide bonds. The zero-order valence-corrected chi connectivity index (χ0v) is 5.89. The molecule has 0 bridgehead atoms. The zero-order chi connectivity index (χ0) is 8.24. The predicted molar refractivity (Wildman–Crippen MR) is 39.4 cm³/mol. The van der Waals surface area contributed by atoms with Crippen molar-refractivity contribution in [1.82, 2.24) is 5.32 Å². The van der Waals surface area contributed by atoms with Crippen LogP contribution >= 0.6 is 0 Å². The van der Waals surface area contributed by atoms with Gasteiger partial charge in [-0.25, -0.2) is 10.2 Å². The summed E-state index contributed by atoms with van der Waals surface area (Å²) in [5, 5.41) is 8.44. The van der Waals surface area contributed by atoms with Crippen molar-refractivity contribution >= 4 is 6.08 Å². The van der Waals surface area contributed by atoms with E-state index in [1.165, 1.54) is 0 Å². The lowest BCUT2D eigenvalue weighted by molar-refractivity contribution is 0.563. The highest BCUT2D eigenvalue weighted by Crippen LogP contribution is 1.49. The topological polar surface area (TPSA) is 105 Å². The van der Waals surface area contributed by atoms with E-state index >= 15 is 0 Å². The van der Waals surface area contributed by atoms with Gasteiger partial charge in [-0.05, 0) is 0 Å². The molecule has 0 fully saturated rings. The van der Waals surface area contributed by atoms with Gasteiger partial charge in [0.1, 0.15) is 0 Å². The molecule has 0 rings (SSSR count). The van der Waals surface area contributed by atoms with Crippen molar-refractivity contribution in [2.45, 2.75) is 0 Å². The summed E-state index contributed by atoms with van der Waals surface area (Å²) < 4.78 is 0. The molecule has 10 heavy (non-hydrogen) atoms. The molecule has 0 aromatic heterocycles. The van der Waals surface area contributed by atoms with E-state index in [4.69, 9.17) is 21.7 Å². The zero-order valence-electron chi connectivity index (χ0n) is 5.89. The minimum atomic E-state index is 0.694. The fraction of sp³-hybridized carbons (Fsp3) is 0.800.